The first-order valence-corrected chi connectivity index (χ1v) is 6.58. The molecule has 2 aromatic rings. The summed E-state index contributed by atoms with van der Waals surface area (Å²) in [5.74, 6) is 1.95. The Morgan fingerprint density at radius 2 is 1.45 bits per heavy atom. The molecule has 2 rings (SSSR count). The van der Waals surface area contributed by atoms with Gasteiger partial charge in [-0.15, -0.1) is 0 Å². The van der Waals surface area contributed by atoms with E-state index in [0.29, 0.717) is 39.7 Å². The number of hydrogen-bond donors (Lipinski definition) is 0. The molecule has 0 aliphatic rings. The Labute approximate surface area is 129 Å². The highest BCUT2D eigenvalue weighted by Gasteiger charge is 2.24. The van der Waals surface area contributed by atoms with Gasteiger partial charge in [-0.3, -0.25) is 0 Å². The molecule has 0 heterocycles. The number of methoxy groups -OCH3 is 4. The van der Waals surface area contributed by atoms with Crippen molar-refractivity contribution in [1.82, 2.24) is 0 Å². The van der Waals surface area contributed by atoms with Crippen LogP contribution in [0.1, 0.15) is 5.56 Å². The van der Waals surface area contributed by atoms with E-state index in [4.69, 9.17) is 18.9 Å². The van der Waals surface area contributed by atoms with E-state index < -0.39 is 0 Å². The largest absolute Gasteiger partial charge is 0.496 e. The van der Waals surface area contributed by atoms with Crippen LogP contribution in [-0.4, -0.2) is 28.4 Å². The smallest absolute Gasteiger partial charge is 0.204 e. The van der Waals surface area contributed by atoms with E-state index in [-0.39, 0.29) is 0 Å². The topological polar surface area (TPSA) is 60.7 Å². The van der Waals surface area contributed by atoms with Gasteiger partial charge in [-0.1, -0.05) is 18.2 Å². The molecule has 5 nitrogen and oxygen atoms in total. The molecule has 0 aliphatic carbocycles. The lowest BCUT2D eigenvalue weighted by Crippen LogP contribution is -2.00. The standard InChI is InChI=1S/C17H17NO4/c1-19-13-9-14(20-2)16(21-3)17(22-4)15(13)12-8-6-5-7-11(12)10-18/h5-9H,1-4H3. The van der Waals surface area contributed by atoms with E-state index in [2.05, 4.69) is 6.07 Å². The molecule has 114 valence electrons. The molecule has 2 aromatic carbocycles. The van der Waals surface area contributed by atoms with Crippen molar-refractivity contribution in [2.75, 3.05) is 28.4 Å². The minimum atomic E-state index is 0.452. The normalized spacial score (nSPS) is 9.77. The molecule has 0 bridgehead atoms. The lowest BCUT2D eigenvalue weighted by molar-refractivity contribution is 0.320. The van der Waals surface area contributed by atoms with Gasteiger partial charge in [0.2, 0.25) is 5.75 Å². The van der Waals surface area contributed by atoms with Crippen molar-refractivity contribution in [3.05, 3.63) is 35.9 Å². The van der Waals surface area contributed by atoms with Gasteiger partial charge in [0.05, 0.1) is 45.6 Å². The molecule has 0 N–H and O–H groups in total. The van der Waals surface area contributed by atoms with Gasteiger partial charge < -0.3 is 18.9 Å². The predicted molar refractivity (Wildman–Crippen MR) is 82.8 cm³/mol. The minimum absolute atomic E-state index is 0.452. The van der Waals surface area contributed by atoms with Gasteiger partial charge in [0, 0.05) is 11.6 Å². The highest BCUT2D eigenvalue weighted by atomic mass is 16.5. The van der Waals surface area contributed by atoms with Crippen molar-refractivity contribution in [2.45, 2.75) is 0 Å². The molecule has 0 amide bonds. The number of hydrogen-bond acceptors (Lipinski definition) is 5. The predicted octanol–water partition coefficient (Wildman–Crippen LogP) is 3.26. The minimum Gasteiger partial charge on any atom is -0.496 e. The fraction of sp³-hybridized carbons (Fsp3) is 0.235. The molecule has 0 fully saturated rings. The Balaban J connectivity index is 2.87. The highest BCUT2D eigenvalue weighted by Crippen LogP contribution is 2.50. The molecular formula is C17H17NO4. The molecule has 5 heteroatoms. The number of ether oxygens (including phenoxy) is 4. The summed E-state index contributed by atoms with van der Waals surface area (Å²) in [5.41, 5.74) is 1.88. The summed E-state index contributed by atoms with van der Waals surface area (Å²) in [7, 11) is 6.17. The van der Waals surface area contributed by atoms with Gasteiger partial charge >= 0.3 is 0 Å². The van der Waals surface area contributed by atoms with Crippen molar-refractivity contribution < 1.29 is 18.9 Å². The third-order valence-corrected chi connectivity index (χ3v) is 3.33. The van der Waals surface area contributed by atoms with E-state index >= 15 is 0 Å². The summed E-state index contributed by atoms with van der Waals surface area (Å²) < 4.78 is 21.7. The molecular weight excluding hydrogens is 282 g/mol. The van der Waals surface area contributed by atoms with Gasteiger partial charge in [0.15, 0.2) is 11.5 Å². The molecule has 0 radical (unpaired) electrons. The van der Waals surface area contributed by atoms with Crippen LogP contribution < -0.4 is 18.9 Å². The van der Waals surface area contributed by atoms with Gasteiger partial charge in [-0.25, -0.2) is 0 Å². The maximum Gasteiger partial charge on any atom is 0.204 e. The monoisotopic (exact) mass is 299 g/mol. The molecule has 0 saturated heterocycles. The molecule has 22 heavy (non-hydrogen) atoms. The van der Waals surface area contributed by atoms with E-state index in [1.807, 2.05) is 18.2 Å². The Morgan fingerprint density at radius 3 is 2.00 bits per heavy atom. The lowest BCUT2D eigenvalue weighted by atomic mass is 9.97. The average molecular weight is 299 g/mol. The Bertz CT molecular complexity index is 719. The van der Waals surface area contributed by atoms with E-state index in [1.54, 1.807) is 26.4 Å². The zero-order chi connectivity index (χ0) is 16.1. The molecule has 0 unspecified atom stereocenters. The van der Waals surface area contributed by atoms with Crippen LogP contribution in [0.4, 0.5) is 0 Å². The van der Waals surface area contributed by atoms with Crippen molar-refractivity contribution in [2.24, 2.45) is 0 Å². The summed E-state index contributed by atoms with van der Waals surface area (Å²) in [6.45, 7) is 0. The summed E-state index contributed by atoms with van der Waals surface area (Å²) in [5, 5.41) is 9.35. The second-order valence-electron chi connectivity index (χ2n) is 4.38. The van der Waals surface area contributed by atoms with Crippen LogP contribution in [0.2, 0.25) is 0 Å². The highest BCUT2D eigenvalue weighted by molar-refractivity contribution is 5.85. The molecule has 0 atom stereocenters. The molecule has 0 saturated carbocycles. The SMILES string of the molecule is COc1cc(OC)c(-c2ccccc2C#N)c(OC)c1OC. The van der Waals surface area contributed by atoms with Gasteiger partial charge in [0.1, 0.15) is 5.75 Å². The third-order valence-electron chi connectivity index (χ3n) is 3.33. The van der Waals surface area contributed by atoms with Gasteiger partial charge in [0.25, 0.3) is 0 Å². The molecule has 0 aliphatic heterocycles. The van der Waals surface area contributed by atoms with E-state index in [1.165, 1.54) is 14.2 Å². The second kappa shape index (κ2) is 6.72. The van der Waals surface area contributed by atoms with Crippen molar-refractivity contribution in [3.8, 4) is 40.2 Å². The maximum absolute atomic E-state index is 9.35. The van der Waals surface area contributed by atoms with E-state index in [0.717, 1.165) is 0 Å². The Morgan fingerprint density at radius 1 is 0.818 bits per heavy atom. The summed E-state index contributed by atoms with van der Waals surface area (Å²) in [6, 6.07) is 11.1. The van der Waals surface area contributed by atoms with Gasteiger partial charge in [-0.05, 0) is 6.07 Å². The maximum atomic E-state index is 9.35. The zero-order valence-electron chi connectivity index (χ0n) is 13.0. The van der Waals surface area contributed by atoms with Crippen molar-refractivity contribution in [3.63, 3.8) is 0 Å². The van der Waals surface area contributed by atoms with Crippen LogP contribution in [0.3, 0.4) is 0 Å². The zero-order valence-corrected chi connectivity index (χ0v) is 13.0. The second-order valence-corrected chi connectivity index (χ2v) is 4.38. The first-order valence-electron chi connectivity index (χ1n) is 6.58. The van der Waals surface area contributed by atoms with Crippen molar-refractivity contribution >= 4 is 0 Å². The average Bonchev–Trinajstić information content (AvgIpc) is 2.59. The van der Waals surface area contributed by atoms with Crippen LogP contribution in [0.5, 0.6) is 23.0 Å². The van der Waals surface area contributed by atoms with E-state index in [9.17, 15) is 5.26 Å². The summed E-state index contributed by atoms with van der Waals surface area (Å²) >= 11 is 0. The first kappa shape index (κ1) is 15.5. The van der Waals surface area contributed by atoms with Crippen LogP contribution in [0.15, 0.2) is 30.3 Å². The quantitative estimate of drug-likeness (QED) is 0.848. The summed E-state index contributed by atoms with van der Waals surface area (Å²) in [6.07, 6.45) is 0. The lowest BCUT2D eigenvalue weighted by Gasteiger charge is -2.19. The number of benzene rings is 2. The number of nitrogens with zero attached hydrogens (tertiary/aromatic N) is 1. The summed E-state index contributed by atoms with van der Waals surface area (Å²) in [4.78, 5) is 0. The number of nitriles is 1. The van der Waals surface area contributed by atoms with Crippen LogP contribution in [0.25, 0.3) is 11.1 Å². The molecule has 0 spiro atoms. The molecule has 0 aromatic heterocycles. The Hall–Kier alpha value is -2.87. The Kier molecular flexibility index (Phi) is 4.74. The van der Waals surface area contributed by atoms with Crippen LogP contribution in [-0.2, 0) is 0 Å². The third kappa shape index (κ3) is 2.51. The van der Waals surface area contributed by atoms with Crippen LogP contribution in [0, 0.1) is 11.3 Å². The van der Waals surface area contributed by atoms with Crippen LogP contribution >= 0.6 is 0 Å². The number of rotatable bonds is 5. The fourth-order valence-corrected chi connectivity index (χ4v) is 2.35. The van der Waals surface area contributed by atoms with Gasteiger partial charge in [-0.2, -0.15) is 5.26 Å². The fourth-order valence-electron chi connectivity index (χ4n) is 2.35. The van der Waals surface area contributed by atoms with Crippen molar-refractivity contribution in [1.29, 1.82) is 5.26 Å². The first-order chi connectivity index (χ1) is 10.7.